The van der Waals surface area contributed by atoms with Crippen LogP contribution in [0.4, 0.5) is 4.39 Å². The zero-order valence-electron chi connectivity index (χ0n) is 12.0. The number of hydrogen-bond acceptors (Lipinski definition) is 3. The highest BCUT2D eigenvalue weighted by atomic mass is 32.2. The van der Waals surface area contributed by atoms with E-state index in [0.717, 1.165) is 11.6 Å². The van der Waals surface area contributed by atoms with Gasteiger partial charge in [0.05, 0.1) is 5.25 Å². The van der Waals surface area contributed by atoms with Crippen molar-refractivity contribution in [2.45, 2.75) is 30.0 Å². The minimum Gasteiger partial charge on any atom is -0.323 e. The first kappa shape index (κ1) is 15.7. The molecule has 0 bridgehead atoms. The highest BCUT2D eigenvalue weighted by Crippen LogP contribution is 2.26. The van der Waals surface area contributed by atoms with Crippen LogP contribution in [0.5, 0.6) is 0 Å². The van der Waals surface area contributed by atoms with Gasteiger partial charge in [0.2, 0.25) is 0 Å². The molecule has 21 heavy (non-hydrogen) atoms. The van der Waals surface area contributed by atoms with Crippen molar-refractivity contribution in [1.29, 1.82) is 0 Å². The Kier molecular flexibility index (Phi) is 4.44. The molecular formula is C16H18FNO2S. The van der Waals surface area contributed by atoms with Crippen LogP contribution in [0.3, 0.4) is 0 Å². The molecule has 0 heterocycles. The van der Waals surface area contributed by atoms with Crippen molar-refractivity contribution in [1.82, 2.24) is 0 Å². The summed E-state index contributed by atoms with van der Waals surface area (Å²) in [5, 5.41) is -0.919. The second-order valence-corrected chi connectivity index (χ2v) is 7.39. The van der Waals surface area contributed by atoms with Crippen molar-refractivity contribution < 1.29 is 12.8 Å². The van der Waals surface area contributed by atoms with E-state index in [1.807, 2.05) is 19.1 Å². The summed E-state index contributed by atoms with van der Waals surface area (Å²) in [6.45, 7) is 3.45. The Morgan fingerprint density at radius 2 is 1.62 bits per heavy atom. The topological polar surface area (TPSA) is 60.2 Å². The lowest BCUT2D eigenvalue weighted by molar-refractivity contribution is 0.546. The largest absolute Gasteiger partial charge is 0.323 e. The molecule has 5 heteroatoms. The summed E-state index contributed by atoms with van der Waals surface area (Å²) in [7, 11) is -3.83. The molecule has 0 fully saturated rings. The maximum atomic E-state index is 13.7. The van der Waals surface area contributed by atoms with E-state index in [4.69, 9.17) is 5.73 Å². The maximum Gasteiger partial charge on any atom is 0.185 e. The molecule has 0 amide bonds. The van der Waals surface area contributed by atoms with Gasteiger partial charge in [-0.15, -0.1) is 0 Å². The van der Waals surface area contributed by atoms with Crippen LogP contribution in [0.25, 0.3) is 0 Å². The zero-order valence-corrected chi connectivity index (χ0v) is 12.8. The highest BCUT2D eigenvalue weighted by Gasteiger charge is 2.31. The predicted octanol–water partition coefficient (Wildman–Crippen LogP) is 3.00. The number of aryl methyl sites for hydroxylation is 1. The van der Waals surface area contributed by atoms with Crippen LogP contribution in [-0.2, 0) is 9.84 Å². The summed E-state index contributed by atoms with van der Waals surface area (Å²) < 4.78 is 38.8. The summed E-state index contributed by atoms with van der Waals surface area (Å²) in [4.78, 5) is -0.305. The number of rotatable bonds is 4. The summed E-state index contributed by atoms with van der Waals surface area (Å²) in [6, 6.07) is 12.0. The Bertz CT molecular complexity index is 726. The molecule has 3 nitrogen and oxygen atoms in total. The van der Waals surface area contributed by atoms with Gasteiger partial charge in [-0.05, 0) is 31.5 Å². The summed E-state index contributed by atoms with van der Waals surface area (Å²) in [6.07, 6.45) is 0. The van der Waals surface area contributed by atoms with Crippen LogP contribution in [0.15, 0.2) is 53.4 Å². The van der Waals surface area contributed by atoms with Gasteiger partial charge in [0.25, 0.3) is 0 Å². The van der Waals surface area contributed by atoms with Gasteiger partial charge in [-0.1, -0.05) is 42.0 Å². The minimum atomic E-state index is -3.83. The smallest absolute Gasteiger partial charge is 0.185 e. The molecule has 112 valence electrons. The van der Waals surface area contributed by atoms with Crippen molar-refractivity contribution in [3.8, 4) is 0 Å². The third kappa shape index (κ3) is 3.14. The lowest BCUT2D eigenvalue weighted by atomic mass is 10.0. The molecule has 0 aliphatic rings. The van der Waals surface area contributed by atoms with E-state index in [1.165, 1.54) is 25.1 Å². The quantitative estimate of drug-likeness (QED) is 0.944. The molecule has 0 radical (unpaired) electrons. The molecular weight excluding hydrogens is 289 g/mol. The number of benzene rings is 2. The second kappa shape index (κ2) is 5.95. The maximum absolute atomic E-state index is 13.7. The molecule has 2 unspecified atom stereocenters. The van der Waals surface area contributed by atoms with E-state index in [-0.39, 0.29) is 4.90 Å². The summed E-state index contributed by atoms with van der Waals surface area (Å²) in [5.74, 6) is -0.750. The fraction of sp³-hybridized carbons (Fsp3) is 0.250. The third-order valence-corrected chi connectivity index (χ3v) is 5.82. The van der Waals surface area contributed by atoms with Crippen molar-refractivity contribution in [3.05, 3.63) is 65.5 Å². The first-order valence-corrected chi connectivity index (χ1v) is 8.19. The van der Waals surface area contributed by atoms with Crippen LogP contribution in [0.1, 0.15) is 24.1 Å². The minimum absolute atomic E-state index is 0.305. The monoisotopic (exact) mass is 307 g/mol. The van der Waals surface area contributed by atoms with Gasteiger partial charge in [0, 0.05) is 6.04 Å². The number of sulfone groups is 1. The fourth-order valence-electron chi connectivity index (χ4n) is 2.13. The summed E-state index contributed by atoms with van der Waals surface area (Å²) in [5.41, 5.74) is 7.84. The molecule has 0 saturated carbocycles. The van der Waals surface area contributed by atoms with E-state index >= 15 is 0 Å². The van der Waals surface area contributed by atoms with E-state index in [9.17, 15) is 12.8 Å². The molecule has 0 saturated heterocycles. The van der Waals surface area contributed by atoms with Gasteiger partial charge in [0.1, 0.15) is 10.7 Å². The van der Waals surface area contributed by atoms with E-state index in [2.05, 4.69) is 0 Å². The van der Waals surface area contributed by atoms with Gasteiger partial charge < -0.3 is 5.73 Å². The standard InChI is InChI=1S/C16H18FNO2S/c1-11-7-9-13(10-8-11)16(18)12(2)21(19,20)15-6-4-3-5-14(15)17/h3-10,12,16H,18H2,1-2H3. The van der Waals surface area contributed by atoms with Crippen LogP contribution in [0.2, 0.25) is 0 Å². The Morgan fingerprint density at radius 1 is 1.05 bits per heavy atom. The molecule has 0 aliphatic carbocycles. The normalized spacial score (nSPS) is 14.7. The number of nitrogens with two attached hydrogens (primary N) is 1. The van der Waals surface area contributed by atoms with Gasteiger partial charge in [-0.3, -0.25) is 0 Å². The van der Waals surface area contributed by atoms with Gasteiger partial charge in [-0.25, -0.2) is 12.8 Å². The molecule has 2 N–H and O–H groups in total. The van der Waals surface area contributed by atoms with Crippen molar-refractivity contribution in [2.24, 2.45) is 5.73 Å². The Hall–Kier alpha value is -1.72. The Morgan fingerprint density at radius 3 is 2.19 bits per heavy atom. The third-order valence-electron chi connectivity index (χ3n) is 3.60. The zero-order chi connectivity index (χ0) is 15.6. The molecule has 2 aromatic rings. The average molecular weight is 307 g/mol. The van der Waals surface area contributed by atoms with E-state index in [1.54, 1.807) is 12.1 Å². The van der Waals surface area contributed by atoms with E-state index < -0.39 is 26.9 Å². The summed E-state index contributed by atoms with van der Waals surface area (Å²) >= 11 is 0. The lowest BCUT2D eigenvalue weighted by Gasteiger charge is -2.21. The second-order valence-electron chi connectivity index (χ2n) is 5.12. The van der Waals surface area contributed by atoms with Crippen LogP contribution < -0.4 is 5.73 Å². The molecule has 2 atom stereocenters. The van der Waals surface area contributed by atoms with Crippen LogP contribution in [-0.4, -0.2) is 13.7 Å². The first-order valence-electron chi connectivity index (χ1n) is 6.64. The number of halogens is 1. The van der Waals surface area contributed by atoms with Crippen molar-refractivity contribution >= 4 is 9.84 Å². The van der Waals surface area contributed by atoms with Crippen LogP contribution >= 0.6 is 0 Å². The first-order chi connectivity index (χ1) is 9.84. The molecule has 2 rings (SSSR count). The highest BCUT2D eigenvalue weighted by molar-refractivity contribution is 7.92. The van der Waals surface area contributed by atoms with Crippen molar-refractivity contribution in [3.63, 3.8) is 0 Å². The molecule has 0 aliphatic heterocycles. The average Bonchev–Trinajstić information content (AvgIpc) is 2.46. The molecule has 2 aromatic carbocycles. The Labute approximate surface area is 124 Å². The SMILES string of the molecule is Cc1ccc(C(N)C(C)S(=O)(=O)c2ccccc2F)cc1. The van der Waals surface area contributed by atoms with Gasteiger partial charge >= 0.3 is 0 Å². The molecule has 0 aromatic heterocycles. The van der Waals surface area contributed by atoms with E-state index in [0.29, 0.717) is 5.56 Å². The van der Waals surface area contributed by atoms with Gasteiger partial charge in [-0.2, -0.15) is 0 Å². The van der Waals surface area contributed by atoms with Crippen LogP contribution in [0, 0.1) is 12.7 Å². The number of hydrogen-bond donors (Lipinski definition) is 1. The fourth-order valence-corrected chi connectivity index (χ4v) is 3.68. The molecule has 0 spiro atoms. The predicted molar refractivity (Wildman–Crippen MR) is 81.2 cm³/mol. The Balaban J connectivity index is 2.36. The lowest BCUT2D eigenvalue weighted by Crippen LogP contribution is -2.31. The van der Waals surface area contributed by atoms with Gasteiger partial charge in [0.15, 0.2) is 9.84 Å². The van der Waals surface area contributed by atoms with Crippen molar-refractivity contribution in [2.75, 3.05) is 0 Å².